The maximum absolute atomic E-state index is 13.7. The zero-order valence-electron chi connectivity index (χ0n) is 16.7. The molecule has 2 aromatic carbocycles. The number of likely N-dealkylation sites (N-methyl/N-ethyl adjacent to an activating group) is 1. The van der Waals surface area contributed by atoms with Gasteiger partial charge in [0.2, 0.25) is 5.91 Å². The molecule has 152 valence electrons. The van der Waals surface area contributed by atoms with Crippen LogP contribution in [0.2, 0.25) is 5.02 Å². The van der Waals surface area contributed by atoms with Gasteiger partial charge in [-0.3, -0.25) is 14.5 Å². The Labute approximate surface area is 175 Å². The smallest absolute Gasteiger partial charge is 0.254 e. The van der Waals surface area contributed by atoms with E-state index in [1.165, 1.54) is 0 Å². The minimum Gasteiger partial charge on any atom is -0.496 e. The zero-order valence-corrected chi connectivity index (χ0v) is 17.5. The summed E-state index contributed by atoms with van der Waals surface area (Å²) in [5.74, 6) is 0.385. The number of anilines is 1. The Hall–Kier alpha value is -2.57. The normalized spacial score (nSPS) is 23.6. The summed E-state index contributed by atoms with van der Waals surface area (Å²) >= 11 is 6.35. The summed E-state index contributed by atoms with van der Waals surface area (Å²) in [4.78, 5) is 30.3. The average Bonchev–Trinajstić information content (AvgIpc) is 3.30. The van der Waals surface area contributed by atoms with E-state index in [1.807, 2.05) is 41.3 Å². The second kappa shape index (κ2) is 7.35. The molecule has 0 radical (unpaired) electrons. The number of para-hydroxylation sites is 1. The first-order valence-corrected chi connectivity index (χ1v) is 10.0. The lowest BCUT2D eigenvalue weighted by Crippen LogP contribution is -2.57. The number of hydrogen-bond acceptors (Lipinski definition) is 4. The van der Waals surface area contributed by atoms with Crippen molar-refractivity contribution in [2.75, 3.05) is 33.1 Å². The molecule has 0 aliphatic carbocycles. The van der Waals surface area contributed by atoms with Gasteiger partial charge in [-0.05, 0) is 37.1 Å². The van der Waals surface area contributed by atoms with Crippen molar-refractivity contribution in [3.8, 4) is 5.75 Å². The SMILES string of the molecule is COc1ccccc1[C@@]1(N2CCC[C@H]2C(=O)N(C)C)C(=O)Nc2ccc(Cl)cc21. The number of amides is 2. The zero-order chi connectivity index (χ0) is 20.8. The molecule has 7 heteroatoms. The van der Waals surface area contributed by atoms with E-state index in [9.17, 15) is 9.59 Å². The number of nitrogens with one attached hydrogen (secondary N) is 1. The van der Waals surface area contributed by atoms with Gasteiger partial charge >= 0.3 is 0 Å². The van der Waals surface area contributed by atoms with Crippen molar-refractivity contribution in [3.63, 3.8) is 0 Å². The first-order chi connectivity index (χ1) is 13.9. The van der Waals surface area contributed by atoms with E-state index >= 15 is 0 Å². The number of carbonyl (C=O) groups excluding carboxylic acids is 2. The van der Waals surface area contributed by atoms with Crippen molar-refractivity contribution >= 4 is 29.1 Å². The summed E-state index contributed by atoms with van der Waals surface area (Å²) in [7, 11) is 5.08. The van der Waals surface area contributed by atoms with Gasteiger partial charge in [-0.25, -0.2) is 0 Å². The van der Waals surface area contributed by atoms with Crippen molar-refractivity contribution in [1.29, 1.82) is 0 Å². The molecular formula is C22H24ClN3O3. The minimum absolute atomic E-state index is 0.0138. The fourth-order valence-corrected chi connectivity index (χ4v) is 4.81. The van der Waals surface area contributed by atoms with Gasteiger partial charge in [0.1, 0.15) is 5.75 Å². The largest absolute Gasteiger partial charge is 0.496 e. The third kappa shape index (κ3) is 2.90. The predicted molar refractivity (Wildman–Crippen MR) is 112 cm³/mol. The van der Waals surface area contributed by atoms with Crippen LogP contribution < -0.4 is 10.1 Å². The molecule has 29 heavy (non-hydrogen) atoms. The van der Waals surface area contributed by atoms with Crippen LogP contribution in [0.5, 0.6) is 5.75 Å². The number of benzene rings is 2. The molecule has 0 aromatic heterocycles. The molecule has 2 aliphatic rings. The molecule has 6 nitrogen and oxygen atoms in total. The second-order valence-electron chi connectivity index (χ2n) is 7.64. The quantitative estimate of drug-likeness (QED) is 0.836. The number of rotatable bonds is 4. The molecule has 4 rings (SSSR count). The van der Waals surface area contributed by atoms with Gasteiger partial charge in [0.15, 0.2) is 5.54 Å². The molecule has 0 spiro atoms. The van der Waals surface area contributed by atoms with E-state index in [1.54, 1.807) is 32.2 Å². The highest BCUT2D eigenvalue weighted by atomic mass is 35.5. The summed E-state index contributed by atoms with van der Waals surface area (Å²) < 4.78 is 5.64. The van der Waals surface area contributed by atoms with E-state index in [0.29, 0.717) is 35.0 Å². The predicted octanol–water partition coefficient (Wildman–Crippen LogP) is 3.10. The van der Waals surface area contributed by atoms with Gasteiger partial charge in [-0.15, -0.1) is 0 Å². The van der Waals surface area contributed by atoms with Crippen LogP contribution in [0.3, 0.4) is 0 Å². The molecular weight excluding hydrogens is 390 g/mol. The highest BCUT2D eigenvalue weighted by Gasteiger charge is 2.58. The summed E-state index contributed by atoms with van der Waals surface area (Å²) in [6, 6.07) is 12.5. The van der Waals surface area contributed by atoms with Gasteiger partial charge in [0.25, 0.3) is 5.91 Å². The summed E-state index contributed by atoms with van der Waals surface area (Å²) in [5.41, 5.74) is 0.963. The highest BCUT2D eigenvalue weighted by Crippen LogP contribution is 2.51. The average molecular weight is 414 g/mol. The molecule has 2 aromatic rings. The Morgan fingerprint density at radius 2 is 2.00 bits per heavy atom. The van der Waals surface area contributed by atoms with E-state index < -0.39 is 11.6 Å². The first-order valence-electron chi connectivity index (χ1n) is 9.64. The molecule has 2 amide bonds. The van der Waals surface area contributed by atoms with Crippen molar-refractivity contribution in [2.45, 2.75) is 24.4 Å². The number of likely N-dealkylation sites (tertiary alicyclic amines) is 1. The van der Waals surface area contributed by atoms with Crippen LogP contribution in [0.25, 0.3) is 0 Å². The van der Waals surface area contributed by atoms with Crippen LogP contribution in [0.15, 0.2) is 42.5 Å². The molecule has 2 heterocycles. The third-order valence-corrected chi connectivity index (χ3v) is 6.09. The van der Waals surface area contributed by atoms with Crippen LogP contribution in [-0.4, -0.2) is 55.4 Å². The number of carbonyl (C=O) groups is 2. The lowest BCUT2D eigenvalue weighted by Gasteiger charge is -2.41. The van der Waals surface area contributed by atoms with Crippen LogP contribution in [0.1, 0.15) is 24.0 Å². The maximum atomic E-state index is 13.7. The van der Waals surface area contributed by atoms with Crippen molar-refractivity contribution < 1.29 is 14.3 Å². The van der Waals surface area contributed by atoms with Crippen LogP contribution in [0.4, 0.5) is 5.69 Å². The van der Waals surface area contributed by atoms with Crippen molar-refractivity contribution in [3.05, 3.63) is 58.6 Å². The van der Waals surface area contributed by atoms with E-state index in [4.69, 9.17) is 16.3 Å². The molecule has 0 saturated carbocycles. The number of ether oxygens (including phenoxy) is 1. The van der Waals surface area contributed by atoms with Crippen LogP contribution in [-0.2, 0) is 15.1 Å². The number of hydrogen-bond donors (Lipinski definition) is 1. The fraction of sp³-hybridized carbons (Fsp3) is 0.364. The molecule has 0 unspecified atom stereocenters. The van der Waals surface area contributed by atoms with Crippen molar-refractivity contribution in [2.24, 2.45) is 0 Å². The Morgan fingerprint density at radius 1 is 1.24 bits per heavy atom. The fourth-order valence-electron chi connectivity index (χ4n) is 4.63. The number of halogens is 1. The van der Waals surface area contributed by atoms with Gasteiger partial charge < -0.3 is 15.0 Å². The third-order valence-electron chi connectivity index (χ3n) is 5.85. The topological polar surface area (TPSA) is 61.9 Å². The van der Waals surface area contributed by atoms with Crippen LogP contribution >= 0.6 is 11.6 Å². The number of nitrogens with zero attached hydrogens (tertiary/aromatic N) is 2. The van der Waals surface area contributed by atoms with E-state index in [0.717, 1.165) is 12.0 Å². The lowest BCUT2D eigenvalue weighted by molar-refractivity contribution is -0.138. The molecule has 1 fully saturated rings. The van der Waals surface area contributed by atoms with Gasteiger partial charge in [0.05, 0.1) is 13.2 Å². The molecule has 2 atom stereocenters. The minimum atomic E-state index is -1.19. The summed E-state index contributed by atoms with van der Waals surface area (Å²) in [6.45, 7) is 0.613. The Balaban J connectivity index is 2.01. The van der Waals surface area contributed by atoms with Gasteiger partial charge in [-0.1, -0.05) is 29.8 Å². The van der Waals surface area contributed by atoms with Crippen molar-refractivity contribution in [1.82, 2.24) is 9.80 Å². The standard InChI is InChI=1S/C22H24ClN3O3/c1-25(2)20(27)18-8-6-12-26(18)22(15-7-4-5-9-19(15)29-3)16-13-14(23)10-11-17(16)24-21(22)28/h4-5,7,9-11,13,18H,6,8,12H2,1-3H3,(H,24,28)/t18-,22-/m0/s1. The molecule has 0 bridgehead atoms. The Kier molecular flexibility index (Phi) is 5.00. The second-order valence-corrected chi connectivity index (χ2v) is 8.08. The Morgan fingerprint density at radius 3 is 2.72 bits per heavy atom. The van der Waals surface area contributed by atoms with E-state index in [2.05, 4.69) is 5.32 Å². The van der Waals surface area contributed by atoms with Crippen LogP contribution in [0, 0.1) is 0 Å². The molecule has 2 aliphatic heterocycles. The summed E-state index contributed by atoms with van der Waals surface area (Å²) in [6.07, 6.45) is 1.52. The lowest BCUT2D eigenvalue weighted by atomic mass is 9.80. The highest BCUT2D eigenvalue weighted by molar-refractivity contribution is 6.31. The summed E-state index contributed by atoms with van der Waals surface area (Å²) in [5, 5.41) is 3.55. The van der Waals surface area contributed by atoms with E-state index in [-0.39, 0.29) is 11.8 Å². The van der Waals surface area contributed by atoms with Gasteiger partial charge in [-0.2, -0.15) is 0 Å². The first kappa shape index (κ1) is 19.7. The number of methoxy groups -OCH3 is 1. The number of fused-ring (bicyclic) bond motifs is 1. The molecule has 1 N–H and O–H groups in total. The Bertz CT molecular complexity index is 978. The van der Waals surface area contributed by atoms with Gasteiger partial charge in [0, 0.05) is 42.5 Å². The maximum Gasteiger partial charge on any atom is 0.254 e. The monoisotopic (exact) mass is 413 g/mol. The molecule has 1 saturated heterocycles.